The molecule has 0 aliphatic carbocycles. The van der Waals surface area contributed by atoms with E-state index in [1.54, 1.807) is 33.0 Å². The van der Waals surface area contributed by atoms with Gasteiger partial charge in [0.25, 0.3) is 5.56 Å². The summed E-state index contributed by atoms with van der Waals surface area (Å²) in [7, 11) is 0. The average Bonchev–Trinajstić information content (AvgIpc) is 3.12. The lowest BCUT2D eigenvalue weighted by atomic mass is 9.89. The zero-order valence-electron chi connectivity index (χ0n) is 30.9. The quantitative estimate of drug-likeness (QED) is 0.127. The van der Waals surface area contributed by atoms with Crippen molar-refractivity contribution in [2.75, 3.05) is 26.3 Å². The number of aliphatic hydroxyl groups excluding tert-OH is 2. The third-order valence-corrected chi connectivity index (χ3v) is 8.84. The van der Waals surface area contributed by atoms with E-state index in [0.29, 0.717) is 16.8 Å². The number of carboxylic acid groups (broad SMARTS) is 1. The van der Waals surface area contributed by atoms with Crippen LogP contribution in [0.25, 0.3) is 39.8 Å². The van der Waals surface area contributed by atoms with E-state index in [2.05, 4.69) is 9.97 Å². The number of nitrogens with zero attached hydrogens (tertiary/aromatic N) is 5. The molecule has 0 saturated carbocycles. The lowest BCUT2D eigenvalue weighted by molar-refractivity contribution is 0.0200. The number of hydrogen-bond donors (Lipinski definition) is 3. The van der Waals surface area contributed by atoms with Gasteiger partial charge in [-0.2, -0.15) is 0 Å². The van der Waals surface area contributed by atoms with Crippen LogP contribution in [-0.4, -0.2) is 83.6 Å². The van der Waals surface area contributed by atoms with Crippen molar-refractivity contribution in [3.05, 3.63) is 123 Å². The SMILES string of the molecule is Cc1c(/C=C(\F)c2ccc(CN(CCO)C(=O)O)cn2)cccc1-c1cccc(-c2ccn3c(=O)c(CN(CCO)C(=O)OC(C)(C)C)cnc3c2)c1C. The maximum atomic E-state index is 15.5. The number of rotatable bonds is 12. The van der Waals surface area contributed by atoms with Crippen molar-refractivity contribution in [3.63, 3.8) is 0 Å². The van der Waals surface area contributed by atoms with Crippen LogP contribution < -0.4 is 5.56 Å². The Bertz CT molecular complexity index is 2250. The molecule has 54 heavy (non-hydrogen) atoms. The van der Waals surface area contributed by atoms with E-state index in [0.717, 1.165) is 38.3 Å². The highest BCUT2D eigenvalue weighted by atomic mass is 19.1. The second kappa shape index (κ2) is 16.8. The highest BCUT2D eigenvalue weighted by Gasteiger charge is 2.23. The molecule has 2 aromatic carbocycles. The fraction of sp³-hybridized carbons (Fsp3) is 0.293. The van der Waals surface area contributed by atoms with Gasteiger partial charge in [-0.05, 0) is 103 Å². The molecule has 0 unspecified atom stereocenters. The summed E-state index contributed by atoms with van der Waals surface area (Å²) in [6.45, 7) is 8.44. The maximum Gasteiger partial charge on any atom is 0.410 e. The van der Waals surface area contributed by atoms with Crippen LogP contribution in [0.15, 0.2) is 84.0 Å². The number of aromatic nitrogens is 3. The molecule has 5 aromatic rings. The van der Waals surface area contributed by atoms with Gasteiger partial charge in [0.05, 0.1) is 37.6 Å². The first kappa shape index (κ1) is 39.3. The average molecular weight is 738 g/mol. The molecule has 0 bridgehead atoms. The summed E-state index contributed by atoms with van der Waals surface area (Å²) in [6, 6.07) is 18.3. The van der Waals surface area contributed by atoms with Crippen LogP contribution in [0.3, 0.4) is 0 Å². The molecule has 3 N–H and O–H groups in total. The topological polar surface area (TPSA) is 158 Å². The first-order chi connectivity index (χ1) is 25.7. The Kier molecular flexibility index (Phi) is 12.2. The lowest BCUT2D eigenvalue weighted by Gasteiger charge is -2.26. The standard InChI is InChI=1S/C41H44FN5O7/c1-26-29(20-35(42)36-13-12-28(22-43-36)24-45(16-18-48)39(51)52)8-6-10-33(26)34-11-7-9-32(27(34)2)30-14-15-47-37(21-30)44-23-31(38(47)50)25-46(17-19-49)40(53)54-41(3,4)5/h6-15,20-23,48-49H,16-19,24-25H2,1-5H3,(H,51,52)/b35-20-. The van der Waals surface area contributed by atoms with E-state index < -0.39 is 23.6 Å². The first-order valence-electron chi connectivity index (χ1n) is 17.4. The van der Waals surface area contributed by atoms with E-state index in [4.69, 9.17) is 9.84 Å². The van der Waals surface area contributed by atoms with Crippen LogP contribution in [-0.2, 0) is 17.8 Å². The van der Waals surface area contributed by atoms with Gasteiger partial charge in [0.1, 0.15) is 17.1 Å². The van der Waals surface area contributed by atoms with Crippen LogP contribution in [0.5, 0.6) is 0 Å². The first-order valence-corrected chi connectivity index (χ1v) is 17.4. The van der Waals surface area contributed by atoms with Crippen LogP contribution in [0, 0.1) is 13.8 Å². The molecule has 0 aliphatic heterocycles. The minimum absolute atomic E-state index is 0.00582. The third kappa shape index (κ3) is 9.17. The number of carbonyl (C=O) groups excluding carboxylic acids is 1. The molecule has 0 fully saturated rings. The van der Waals surface area contributed by atoms with Gasteiger partial charge in [0.15, 0.2) is 0 Å². The van der Waals surface area contributed by atoms with E-state index >= 15 is 4.39 Å². The fourth-order valence-electron chi connectivity index (χ4n) is 6.07. The number of fused-ring (bicyclic) bond motifs is 1. The molecule has 0 spiro atoms. The van der Waals surface area contributed by atoms with Crippen LogP contribution in [0.4, 0.5) is 14.0 Å². The molecule has 3 aromatic heterocycles. The second-order valence-electron chi connectivity index (χ2n) is 13.8. The van der Waals surface area contributed by atoms with E-state index in [-0.39, 0.29) is 56.2 Å². The second-order valence-corrected chi connectivity index (χ2v) is 13.8. The van der Waals surface area contributed by atoms with Gasteiger partial charge in [-0.25, -0.2) is 19.0 Å². The zero-order valence-corrected chi connectivity index (χ0v) is 30.9. The summed E-state index contributed by atoms with van der Waals surface area (Å²) in [4.78, 5) is 48.7. The molecular weight excluding hydrogens is 693 g/mol. The van der Waals surface area contributed by atoms with Crippen molar-refractivity contribution in [2.24, 2.45) is 0 Å². The molecule has 0 saturated heterocycles. The summed E-state index contributed by atoms with van der Waals surface area (Å²) < 4.78 is 22.4. The summed E-state index contributed by atoms with van der Waals surface area (Å²) >= 11 is 0. The van der Waals surface area contributed by atoms with E-state index in [9.17, 15) is 24.6 Å². The summed E-state index contributed by atoms with van der Waals surface area (Å²) in [5, 5.41) is 28.0. The number of halogens is 1. The predicted molar refractivity (Wildman–Crippen MR) is 204 cm³/mol. The van der Waals surface area contributed by atoms with Crippen molar-refractivity contribution in [1.29, 1.82) is 0 Å². The molecular formula is C41H44FN5O7. The highest BCUT2D eigenvalue weighted by Crippen LogP contribution is 2.35. The summed E-state index contributed by atoms with van der Waals surface area (Å²) in [6.07, 6.45) is 4.13. The van der Waals surface area contributed by atoms with Gasteiger partial charge < -0.3 is 29.9 Å². The molecule has 0 radical (unpaired) electrons. The number of carbonyl (C=O) groups is 2. The van der Waals surface area contributed by atoms with Gasteiger partial charge in [0, 0.05) is 31.7 Å². The third-order valence-electron chi connectivity index (χ3n) is 8.84. The summed E-state index contributed by atoms with van der Waals surface area (Å²) in [5.41, 5.74) is 6.37. The van der Waals surface area contributed by atoms with Crippen LogP contribution >= 0.6 is 0 Å². The van der Waals surface area contributed by atoms with E-state index in [1.807, 2.05) is 62.4 Å². The Labute approximate surface area is 312 Å². The number of benzene rings is 2. The number of hydrogen-bond acceptors (Lipinski definition) is 8. The van der Waals surface area contributed by atoms with E-state index in [1.165, 1.54) is 33.8 Å². The monoisotopic (exact) mass is 737 g/mol. The Morgan fingerprint density at radius 2 is 1.54 bits per heavy atom. The Morgan fingerprint density at radius 3 is 2.19 bits per heavy atom. The number of aliphatic hydroxyl groups is 2. The Balaban J connectivity index is 1.40. The molecule has 13 heteroatoms. The fourth-order valence-corrected chi connectivity index (χ4v) is 6.07. The van der Waals surface area contributed by atoms with Crippen molar-refractivity contribution in [1.82, 2.24) is 24.2 Å². The molecule has 0 aliphatic rings. The Morgan fingerprint density at radius 1 is 0.870 bits per heavy atom. The van der Waals surface area contributed by atoms with Gasteiger partial charge in [-0.1, -0.05) is 42.5 Å². The van der Waals surface area contributed by atoms with Crippen molar-refractivity contribution < 1.29 is 34.0 Å². The minimum atomic E-state index is -1.17. The normalized spacial score (nSPS) is 11.8. The minimum Gasteiger partial charge on any atom is -0.465 e. The van der Waals surface area contributed by atoms with Gasteiger partial charge in [-0.3, -0.25) is 14.2 Å². The highest BCUT2D eigenvalue weighted by molar-refractivity contribution is 5.84. The number of pyridine rings is 2. The largest absolute Gasteiger partial charge is 0.465 e. The van der Waals surface area contributed by atoms with Crippen molar-refractivity contribution >= 4 is 29.7 Å². The van der Waals surface area contributed by atoms with Gasteiger partial charge in [0.2, 0.25) is 0 Å². The van der Waals surface area contributed by atoms with Gasteiger partial charge >= 0.3 is 12.2 Å². The van der Waals surface area contributed by atoms with Crippen molar-refractivity contribution in [3.8, 4) is 22.3 Å². The zero-order chi connectivity index (χ0) is 39.2. The molecule has 0 atom stereocenters. The van der Waals surface area contributed by atoms with Crippen molar-refractivity contribution in [2.45, 2.75) is 53.3 Å². The lowest BCUT2D eigenvalue weighted by Crippen LogP contribution is -2.39. The molecule has 12 nitrogen and oxygen atoms in total. The Hall–Kier alpha value is -5.92. The number of ether oxygens (including phenoxy) is 1. The van der Waals surface area contributed by atoms with Gasteiger partial charge in [-0.15, -0.1) is 0 Å². The summed E-state index contributed by atoms with van der Waals surface area (Å²) in [5.74, 6) is -0.550. The van der Waals surface area contributed by atoms with Crippen LogP contribution in [0.2, 0.25) is 0 Å². The van der Waals surface area contributed by atoms with Crippen LogP contribution in [0.1, 0.15) is 54.3 Å². The molecule has 282 valence electrons. The molecule has 3 heterocycles. The predicted octanol–water partition coefficient (Wildman–Crippen LogP) is 6.71. The maximum absolute atomic E-state index is 15.5. The number of amides is 2. The smallest absolute Gasteiger partial charge is 0.410 e. The molecule has 2 amide bonds. The molecule has 5 rings (SSSR count).